The van der Waals surface area contributed by atoms with Crippen LogP contribution in [-0.2, 0) is 17.7 Å². The lowest BCUT2D eigenvalue weighted by Gasteiger charge is -2.06. The molecule has 0 bridgehead atoms. The molecule has 0 spiro atoms. The second-order valence-corrected chi connectivity index (χ2v) is 7.69. The second kappa shape index (κ2) is 9.03. The van der Waals surface area contributed by atoms with Crippen molar-refractivity contribution in [2.75, 3.05) is 19.0 Å². The SMILES string of the molecule is COCCn1nc(C(=O)Nc2ncc(Cc3ccc(Br)cc3)s2)ccc1=O. The fourth-order valence-corrected chi connectivity index (χ4v) is 3.43. The standard InChI is InChI=1S/C18H17BrN4O3S/c1-26-9-8-23-16(24)7-6-15(22-23)17(25)21-18-20-11-14(27-18)10-12-2-4-13(19)5-3-12/h2-7,11H,8-10H2,1H3,(H,20,21,25). The molecule has 140 valence electrons. The summed E-state index contributed by atoms with van der Waals surface area (Å²) in [5.74, 6) is -0.411. The first-order valence-electron chi connectivity index (χ1n) is 8.13. The Bertz CT molecular complexity index is 985. The Labute approximate surface area is 168 Å². The van der Waals surface area contributed by atoms with Gasteiger partial charge in [-0.15, -0.1) is 11.3 Å². The molecule has 0 unspecified atom stereocenters. The van der Waals surface area contributed by atoms with E-state index in [1.54, 1.807) is 6.20 Å². The van der Waals surface area contributed by atoms with E-state index in [0.717, 1.165) is 21.3 Å². The number of benzene rings is 1. The summed E-state index contributed by atoms with van der Waals surface area (Å²) in [5.41, 5.74) is 1.02. The summed E-state index contributed by atoms with van der Waals surface area (Å²) >= 11 is 4.82. The first-order chi connectivity index (χ1) is 13.0. The Morgan fingerprint density at radius 3 is 2.78 bits per heavy atom. The van der Waals surface area contributed by atoms with Crippen LogP contribution in [0.4, 0.5) is 5.13 Å². The molecule has 0 atom stereocenters. The van der Waals surface area contributed by atoms with Crippen LogP contribution in [0, 0.1) is 0 Å². The molecule has 1 amide bonds. The Morgan fingerprint density at radius 1 is 1.26 bits per heavy atom. The number of nitrogens with one attached hydrogen (secondary N) is 1. The molecule has 2 heterocycles. The third-order valence-electron chi connectivity index (χ3n) is 3.67. The largest absolute Gasteiger partial charge is 0.383 e. The van der Waals surface area contributed by atoms with Crippen LogP contribution in [0.2, 0.25) is 0 Å². The number of halogens is 1. The first kappa shape index (κ1) is 19.4. The zero-order valence-corrected chi connectivity index (χ0v) is 16.9. The van der Waals surface area contributed by atoms with E-state index in [4.69, 9.17) is 4.74 Å². The average Bonchev–Trinajstić information content (AvgIpc) is 3.09. The Hall–Kier alpha value is -2.36. The third-order valence-corrected chi connectivity index (χ3v) is 5.11. The van der Waals surface area contributed by atoms with Crippen molar-refractivity contribution >= 4 is 38.3 Å². The normalized spacial score (nSPS) is 10.7. The highest BCUT2D eigenvalue weighted by atomic mass is 79.9. The van der Waals surface area contributed by atoms with E-state index in [0.29, 0.717) is 11.7 Å². The summed E-state index contributed by atoms with van der Waals surface area (Å²) in [5, 5.41) is 7.29. The van der Waals surface area contributed by atoms with Gasteiger partial charge in [0.05, 0.1) is 13.2 Å². The van der Waals surface area contributed by atoms with Crippen molar-refractivity contribution < 1.29 is 9.53 Å². The molecule has 0 saturated carbocycles. The van der Waals surface area contributed by atoms with Gasteiger partial charge in [0.1, 0.15) is 5.69 Å². The van der Waals surface area contributed by atoms with Crippen LogP contribution in [0.3, 0.4) is 0 Å². The fourth-order valence-electron chi connectivity index (χ4n) is 2.32. The van der Waals surface area contributed by atoms with Crippen LogP contribution in [0.5, 0.6) is 0 Å². The monoisotopic (exact) mass is 448 g/mol. The van der Waals surface area contributed by atoms with E-state index in [1.165, 1.54) is 35.3 Å². The van der Waals surface area contributed by atoms with E-state index in [-0.39, 0.29) is 17.8 Å². The zero-order chi connectivity index (χ0) is 19.2. The van der Waals surface area contributed by atoms with E-state index in [1.807, 2.05) is 24.3 Å². The van der Waals surface area contributed by atoms with Crippen LogP contribution >= 0.6 is 27.3 Å². The number of hydrogen-bond acceptors (Lipinski definition) is 6. The number of rotatable bonds is 7. The summed E-state index contributed by atoms with van der Waals surface area (Å²) in [6.45, 7) is 0.620. The van der Waals surface area contributed by atoms with Crippen LogP contribution in [-0.4, -0.2) is 34.4 Å². The van der Waals surface area contributed by atoms with Crippen molar-refractivity contribution in [1.82, 2.24) is 14.8 Å². The molecule has 3 aromatic rings. The third kappa shape index (κ3) is 5.31. The van der Waals surface area contributed by atoms with Gasteiger partial charge in [-0.05, 0) is 23.8 Å². The molecule has 0 aliphatic rings. The number of thiazole rings is 1. The summed E-state index contributed by atoms with van der Waals surface area (Å²) in [6, 6.07) is 10.8. The van der Waals surface area contributed by atoms with Crippen LogP contribution < -0.4 is 10.9 Å². The minimum Gasteiger partial charge on any atom is -0.383 e. The van der Waals surface area contributed by atoms with Crippen LogP contribution in [0.15, 0.2) is 51.9 Å². The van der Waals surface area contributed by atoms with Gasteiger partial charge < -0.3 is 4.74 Å². The van der Waals surface area contributed by atoms with Crippen molar-refractivity contribution in [3.05, 3.63) is 73.6 Å². The summed E-state index contributed by atoms with van der Waals surface area (Å²) in [7, 11) is 1.54. The van der Waals surface area contributed by atoms with Crippen molar-refractivity contribution in [2.24, 2.45) is 0 Å². The van der Waals surface area contributed by atoms with Crippen molar-refractivity contribution in [2.45, 2.75) is 13.0 Å². The van der Waals surface area contributed by atoms with E-state index in [2.05, 4.69) is 31.3 Å². The number of aromatic nitrogens is 3. The van der Waals surface area contributed by atoms with Gasteiger partial charge in [0.2, 0.25) is 0 Å². The number of nitrogens with zero attached hydrogens (tertiary/aromatic N) is 3. The number of carbonyl (C=O) groups excluding carboxylic acids is 1. The highest BCUT2D eigenvalue weighted by Gasteiger charge is 2.12. The molecule has 1 aromatic carbocycles. The molecule has 0 saturated heterocycles. The predicted molar refractivity (Wildman–Crippen MR) is 107 cm³/mol. The summed E-state index contributed by atoms with van der Waals surface area (Å²) < 4.78 is 7.18. The molecule has 27 heavy (non-hydrogen) atoms. The van der Waals surface area contributed by atoms with Gasteiger partial charge in [-0.1, -0.05) is 28.1 Å². The molecule has 3 rings (SSSR count). The molecule has 0 radical (unpaired) electrons. The van der Waals surface area contributed by atoms with Crippen LogP contribution in [0.1, 0.15) is 20.9 Å². The Kier molecular flexibility index (Phi) is 6.49. The highest BCUT2D eigenvalue weighted by Crippen LogP contribution is 2.22. The van der Waals surface area contributed by atoms with E-state index >= 15 is 0 Å². The van der Waals surface area contributed by atoms with Gasteiger partial charge >= 0.3 is 0 Å². The number of carbonyl (C=O) groups is 1. The van der Waals surface area contributed by atoms with Gasteiger partial charge in [-0.3, -0.25) is 14.9 Å². The molecule has 9 heteroatoms. The maximum Gasteiger partial charge on any atom is 0.277 e. The van der Waals surface area contributed by atoms with Crippen molar-refractivity contribution in [3.8, 4) is 0 Å². The summed E-state index contributed by atoms with van der Waals surface area (Å²) in [6.07, 6.45) is 2.48. The van der Waals surface area contributed by atoms with Gasteiger partial charge in [-0.25, -0.2) is 9.67 Å². The minimum atomic E-state index is -0.411. The van der Waals surface area contributed by atoms with Gasteiger partial charge in [-0.2, -0.15) is 5.10 Å². The van der Waals surface area contributed by atoms with Crippen molar-refractivity contribution in [1.29, 1.82) is 0 Å². The Morgan fingerprint density at radius 2 is 2.04 bits per heavy atom. The minimum absolute atomic E-state index is 0.148. The number of anilines is 1. The molecular formula is C18H17BrN4O3S. The van der Waals surface area contributed by atoms with Crippen molar-refractivity contribution in [3.63, 3.8) is 0 Å². The number of ether oxygens (including phenoxy) is 1. The van der Waals surface area contributed by atoms with E-state index in [9.17, 15) is 9.59 Å². The van der Waals surface area contributed by atoms with Crippen LogP contribution in [0.25, 0.3) is 0 Å². The molecule has 1 N–H and O–H groups in total. The van der Waals surface area contributed by atoms with Gasteiger partial charge in [0.15, 0.2) is 5.13 Å². The molecule has 0 aliphatic carbocycles. The Balaban J connectivity index is 1.67. The zero-order valence-electron chi connectivity index (χ0n) is 14.5. The molecular weight excluding hydrogens is 432 g/mol. The highest BCUT2D eigenvalue weighted by molar-refractivity contribution is 9.10. The average molecular weight is 449 g/mol. The first-order valence-corrected chi connectivity index (χ1v) is 9.73. The molecule has 0 fully saturated rings. The fraction of sp³-hybridized carbons (Fsp3) is 0.222. The molecule has 0 aliphatic heterocycles. The molecule has 2 aromatic heterocycles. The number of hydrogen-bond donors (Lipinski definition) is 1. The maximum absolute atomic E-state index is 12.4. The summed E-state index contributed by atoms with van der Waals surface area (Å²) in [4.78, 5) is 29.4. The second-order valence-electron chi connectivity index (χ2n) is 5.66. The number of methoxy groups -OCH3 is 1. The predicted octanol–water partition coefficient (Wildman–Crippen LogP) is 2.95. The lowest BCUT2D eigenvalue weighted by Crippen LogP contribution is -2.27. The van der Waals surface area contributed by atoms with Gasteiger partial charge in [0, 0.05) is 35.1 Å². The van der Waals surface area contributed by atoms with E-state index < -0.39 is 5.91 Å². The quantitative estimate of drug-likeness (QED) is 0.600. The smallest absolute Gasteiger partial charge is 0.277 e. The number of amides is 1. The topological polar surface area (TPSA) is 86.1 Å². The van der Waals surface area contributed by atoms with Gasteiger partial charge in [0.25, 0.3) is 11.5 Å². The molecule has 7 nitrogen and oxygen atoms in total. The maximum atomic E-state index is 12.4. The lowest BCUT2D eigenvalue weighted by molar-refractivity contribution is 0.101. The lowest BCUT2D eigenvalue weighted by atomic mass is 10.1.